The molecule has 2 aromatic heterocycles. The molecule has 0 saturated heterocycles. The molecule has 2 heterocycles. The molecule has 0 aliphatic rings. The van der Waals surface area contributed by atoms with Gasteiger partial charge >= 0.3 is 6.09 Å². The smallest absolute Gasteiger partial charge is 0.413 e. The number of carbonyl (C=O) groups is 1. The molecule has 6 nitrogen and oxygen atoms in total. The normalized spacial score (nSPS) is 11.3. The van der Waals surface area contributed by atoms with Gasteiger partial charge in [0, 0.05) is 12.3 Å². The lowest BCUT2D eigenvalue weighted by Crippen LogP contribution is -2.28. The number of anilines is 1. The van der Waals surface area contributed by atoms with E-state index in [4.69, 9.17) is 16.3 Å². The van der Waals surface area contributed by atoms with Gasteiger partial charge in [-0.25, -0.2) is 9.78 Å². The predicted octanol–water partition coefficient (Wildman–Crippen LogP) is 4.03. The zero-order valence-electron chi connectivity index (χ0n) is 11.7. The molecule has 0 unspecified atom stereocenters. The molecule has 8 heteroatoms. The van der Waals surface area contributed by atoms with Crippen LogP contribution in [0.4, 0.5) is 10.6 Å². The number of nitrogens with zero attached hydrogens (tertiary/aromatic N) is 3. The van der Waals surface area contributed by atoms with Gasteiger partial charge in [-0.2, -0.15) is 9.78 Å². The molecule has 112 valence electrons. The van der Waals surface area contributed by atoms with Crippen LogP contribution in [0.5, 0.6) is 0 Å². The summed E-state index contributed by atoms with van der Waals surface area (Å²) >= 11 is 9.36. The van der Waals surface area contributed by atoms with E-state index in [-0.39, 0.29) is 0 Å². The number of hydrogen-bond donors (Lipinski definition) is 1. The van der Waals surface area contributed by atoms with Crippen molar-refractivity contribution in [2.75, 3.05) is 5.32 Å². The Morgan fingerprint density at radius 2 is 2.19 bits per heavy atom. The Balaban J connectivity index is 2.30. The number of nitrogens with one attached hydrogen (secondary N) is 1. The van der Waals surface area contributed by atoms with E-state index in [1.165, 1.54) is 4.68 Å². The van der Waals surface area contributed by atoms with Gasteiger partial charge in [0.2, 0.25) is 0 Å². The minimum atomic E-state index is -0.588. The zero-order chi connectivity index (χ0) is 15.6. The van der Waals surface area contributed by atoms with E-state index in [0.717, 1.165) is 0 Å². The van der Waals surface area contributed by atoms with Crippen molar-refractivity contribution < 1.29 is 9.53 Å². The molecule has 2 aromatic rings. The summed E-state index contributed by atoms with van der Waals surface area (Å²) in [5.41, 5.74) is -0.588. The topological polar surface area (TPSA) is 69.0 Å². The van der Waals surface area contributed by atoms with E-state index in [1.807, 2.05) is 0 Å². The lowest BCUT2D eigenvalue weighted by Gasteiger charge is -2.19. The fourth-order valence-electron chi connectivity index (χ4n) is 1.54. The average molecular weight is 374 g/mol. The van der Waals surface area contributed by atoms with Crippen molar-refractivity contribution in [2.45, 2.75) is 26.4 Å². The minimum absolute atomic E-state index is 0.400. The van der Waals surface area contributed by atoms with E-state index < -0.39 is 11.7 Å². The SMILES string of the molecule is CC(C)(C)OC(=O)Nc1cc(Br)nn1-c1ncccc1Cl. The summed E-state index contributed by atoms with van der Waals surface area (Å²) in [6, 6.07) is 5.04. The monoisotopic (exact) mass is 372 g/mol. The summed E-state index contributed by atoms with van der Waals surface area (Å²) in [5.74, 6) is 0.813. The van der Waals surface area contributed by atoms with Crippen LogP contribution in [0.25, 0.3) is 5.82 Å². The lowest BCUT2D eigenvalue weighted by molar-refractivity contribution is 0.0635. The number of ether oxygens (including phenoxy) is 1. The summed E-state index contributed by atoms with van der Waals surface area (Å²) in [5, 5.41) is 7.25. The maximum absolute atomic E-state index is 11.9. The van der Waals surface area contributed by atoms with Gasteiger partial charge in [0.15, 0.2) is 5.82 Å². The number of carbonyl (C=O) groups excluding carboxylic acids is 1. The van der Waals surface area contributed by atoms with Gasteiger partial charge in [-0.3, -0.25) is 5.32 Å². The number of hydrogen-bond acceptors (Lipinski definition) is 4. The highest BCUT2D eigenvalue weighted by Gasteiger charge is 2.19. The molecule has 0 radical (unpaired) electrons. The van der Waals surface area contributed by atoms with Gasteiger partial charge in [-0.05, 0) is 48.8 Å². The highest BCUT2D eigenvalue weighted by Crippen LogP contribution is 2.24. The number of pyridine rings is 1. The van der Waals surface area contributed by atoms with Crippen molar-refractivity contribution in [2.24, 2.45) is 0 Å². The molecular weight excluding hydrogens is 360 g/mol. The molecule has 0 fully saturated rings. The van der Waals surface area contributed by atoms with Crippen LogP contribution in [0, 0.1) is 0 Å². The number of aromatic nitrogens is 3. The predicted molar refractivity (Wildman–Crippen MR) is 83.9 cm³/mol. The second kappa shape index (κ2) is 6.03. The quantitative estimate of drug-likeness (QED) is 0.863. The molecule has 2 rings (SSSR count). The molecule has 0 aliphatic heterocycles. The van der Waals surface area contributed by atoms with Crippen molar-refractivity contribution in [1.29, 1.82) is 0 Å². The van der Waals surface area contributed by atoms with E-state index in [2.05, 4.69) is 31.3 Å². The van der Waals surface area contributed by atoms with Crippen LogP contribution in [-0.2, 0) is 4.74 Å². The first-order valence-electron chi connectivity index (χ1n) is 6.13. The second-order valence-corrected chi connectivity index (χ2v) is 6.42. The Morgan fingerprint density at radius 1 is 1.48 bits per heavy atom. The number of halogens is 2. The highest BCUT2D eigenvalue weighted by molar-refractivity contribution is 9.10. The summed E-state index contributed by atoms with van der Waals surface area (Å²) in [4.78, 5) is 16.0. The van der Waals surface area contributed by atoms with Gasteiger partial charge in [-0.15, -0.1) is 0 Å². The molecule has 0 saturated carbocycles. The maximum Gasteiger partial charge on any atom is 0.413 e. The van der Waals surface area contributed by atoms with Crippen molar-refractivity contribution in [3.63, 3.8) is 0 Å². The van der Waals surface area contributed by atoms with Crippen LogP contribution < -0.4 is 5.32 Å². The van der Waals surface area contributed by atoms with Crippen LogP contribution >= 0.6 is 27.5 Å². The van der Waals surface area contributed by atoms with Crippen molar-refractivity contribution >= 4 is 39.4 Å². The first-order valence-corrected chi connectivity index (χ1v) is 7.30. The van der Waals surface area contributed by atoms with E-state index in [9.17, 15) is 4.79 Å². The van der Waals surface area contributed by atoms with Crippen LogP contribution in [0.3, 0.4) is 0 Å². The van der Waals surface area contributed by atoms with Crippen LogP contribution in [0.2, 0.25) is 5.02 Å². The van der Waals surface area contributed by atoms with Gasteiger partial charge < -0.3 is 4.74 Å². The van der Waals surface area contributed by atoms with Gasteiger partial charge in [0.25, 0.3) is 0 Å². The van der Waals surface area contributed by atoms with Crippen LogP contribution in [0.15, 0.2) is 29.0 Å². The van der Waals surface area contributed by atoms with Gasteiger partial charge in [-0.1, -0.05) is 11.6 Å². The number of amides is 1. The first kappa shape index (κ1) is 15.8. The summed E-state index contributed by atoms with van der Waals surface area (Å²) < 4.78 is 7.18. The van der Waals surface area contributed by atoms with Gasteiger partial charge in [0.1, 0.15) is 16.0 Å². The molecular formula is C13H14BrClN4O2. The van der Waals surface area contributed by atoms with Crippen molar-refractivity contribution in [3.8, 4) is 5.82 Å². The summed E-state index contributed by atoms with van der Waals surface area (Å²) in [7, 11) is 0. The molecule has 0 aliphatic carbocycles. The first-order chi connectivity index (χ1) is 9.76. The zero-order valence-corrected chi connectivity index (χ0v) is 14.1. The molecule has 0 aromatic carbocycles. The second-order valence-electron chi connectivity index (χ2n) is 5.20. The summed E-state index contributed by atoms with van der Waals surface area (Å²) in [6.07, 6.45) is 1.01. The van der Waals surface area contributed by atoms with Gasteiger partial charge in [0.05, 0.1) is 5.02 Å². The Labute approximate surface area is 135 Å². The lowest BCUT2D eigenvalue weighted by atomic mass is 10.2. The van der Waals surface area contributed by atoms with Crippen molar-refractivity contribution in [1.82, 2.24) is 14.8 Å². The summed E-state index contributed by atoms with van der Waals surface area (Å²) in [6.45, 7) is 5.36. The third kappa shape index (κ3) is 4.18. The third-order valence-corrected chi connectivity index (χ3v) is 2.93. The fraction of sp³-hybridized carbons (Fsp3) is 0.308. The Kier molecular flexibility index (Phi) is 4.53. The Morgan fingerprint density at radius 3 is 2.81 bits per heavy atom. The Hall–Kier alpha value is -1.60. The minimum Gasteiger partial charge on any atom is -0.444 e. The molecule has 0 bridgehead atoms. The molecule has 1 amide bonds. The maximum atomic E-state index is 11.9. The Bertz CT molecular complexity index is 666. The van der Waals surface area contributed by atoms with E-state index in [1.54, 1.807) is 45.2 Å². The molecule has 0 atom stereocenters. The van der Waals surface area contributed by atoms with Crippen LogP contribution in [0.1, 0.15) is 20.8 Å². The van der Waals surface area contributed by atoms with E-state index in [0.29, 0.717) is 21.3 Å². The molecule has 0 spiro atoms. The fourth-order valence-corrected chi connectivity index (χ4v) is 2.12. The van der Waals surface area contributed by atoms with Crippen LogP contribution in [-0.4, -0.2) is 26.5 Å². The molecule has 21 heavy (non-hydrogen) atoms. The third-order valence-electron chi connectivity index (χ3n) is 2.25. The standard InChI is InChI=1S/C13H14BrClN4O2/c1-13(2,3)21-12(20)17-10-7-9(14)18-19(10)11-8(15)5-4-6-16-11/h4-7H,1-3H3,(H,17,20). The van der Waals surface area contributed by atoms with E-state index >= 15 is 0 Å². The highest BCUT2D eigenvalue weighted by atomic mass is 79.9. The number of rotatable bonds is 2. The van der Waals surface area contributed by atoms with Crippen molar-refractivity contribution in [3.05, 3.63) is 34.0 Å². The average Bonchev–Trinajstić information content (AvgIpc) is 2.68. The molecule has 1 N–H and O–H groups in total. The largest absolute Gasteiger partial charge is 0.444 e.